The lowest BCUT2D eigenvalue weighted by Crippen LogP contribution is -2.03. The molecule has 0 atom stereocenters. The van der Waals surface area contributed by atoms with Crippen LogP contribution in [0.3, 0.4) is 0 Å². The van der Waals surface area contributed by atoms with Gasteiger partial charge in [0.15, 0.2) is 0 Å². The highest BCUT2D eigenvalue weighted by Gasteiger charge is 2.12. The van der Waals surface area contributed by atoms with Gasteiger partial charge in [-0.15, -0.1) is 0 Å². The summed E-state index contributed by atoms with van der Waals surface area (Å²) in [6, 6.07) is 3.15. The fourth-order valence-electron chi connectivity index (χ4n) is 1.55. The van der Waals surface area contributed by atoms with Crippen molar-refractivity contribution in [2.75, 3.05) is 5.32 Å². The van der Waals surface area contributed by atoms with E-state index in [1.165, 1.54) is 6.92 Å². The number of aromatic carboxylic acids is 1. The SMILES string of the molecule is Cc1cc(F)c(Nc2cc(C(=O)O)c(Cl)cn2)cc1F. The summed E-state index contributed by atoms with van der Waals surface area (Å²) in [6.45, 7) is 1.44. The lowest BCUT2D eigenvalue weighted by Gasteiger charge is -2.09. The molecule has 0 spiro atoms. The number of hydrogen-bond acceptors (Lipinski definition) is 3. The molecule has 2 aromatic rings. The Balaban J connectivity index is 2.38. The standard InChI is InChI=1S/C13H9ClF2N2O2/c1-6-2-10(16)11(4-9(6)15)18-12-3-7(13(19)20)8(14)5-17-12/h2-5H,1H3,(H,17,18)(H,19,20). The molecule has 0 fully saturated rings. The molecule has 0 unspecified atom stereocenters. The summed E-state index contributed by atoms with van der Waals surface area (Å²) in [5.41, 5.74) is -0.153. The maximum absolute atomic E-state index is 13.7. The molecule has 1 heterocycles. The lowest BCUT2D eigenvalue weighted by molar-refractivity contribution is 0.0697. The van der Waals surface area contributed by atoms with Crippen molar-refractivity contribution in [3.63, 3.8) is 0 Å². The van der Waals surface area contributed by atoms with Crippen LogP contribution in [0.1, 0.15) is 15.9 Å². The van der Waals surface area contributed by atoms with Gasteiger partial charge >= 0.3 is 5.97 Å². The first kappa shape index (κ1) is 14.2. The summed E-state index contributed by atoms with van der Waals surface area (Å²) >= 11 is 5.67. The zero-order valence-electron chi connectivity index (χ0n) is 10.2. The minimum absolute atomic E-state index is 0.0430. The predicted octanol–water partition coefficient (Wildman–Crippen LogP) is 3.76. The van der Waals surface area contributed by atoms with Crippen LogP contribution in [0, 0.1) is 18.6 Å². The van der Waals surface area contributed by atoms with Crippen LogP contribution in [0.2, 0.25) is 5.02 Å². The monoisotopic (exact) mass is 298 g/mol. The third-order valence-corrected chi connectivity index (χ3v) is 2.90. The molecule has 0 saturated carbocycles. The number of aromatic nitrogens is 1. The van der Waals surface area contributed by atoms with E-state index in [1.807, 2.05) is 0 Å². The van der Waals surface area contributed by atoms with Crippen molar-refractivity contribution in [2.24, 2.45) is 0 Å². The number of rotatable bonds is 3. The predicted molar refractivity (Wildman–Crippen MR) is 70.6 cm³/mol. The number of anilines is 2. The van der Waals surface area contributed by atoms with Gasteiger partial charge < -0.3 is 10.4 Å². The van der Waals surface area contributed by atoms with E-state index in [9.17, 15) is 13.6 Å². The third-order valence-electron chi connectivity index (χ3n) is 2.60. The zero-order chi connectivity index (χ0) is 14.9. The second-order valence-electron chi connectivity index (χ2n) is 4.06. The topological polar surface area (TPSA) is 62.2 Å². The maximum atomic E-state index is 13.7. The van der Waals surface area contributed by atoms with Crippen molar-refractivity contribution in [1.82, 2.24) is 4.98 Å². The van der Waals surface area contributed by atoms with Crippen molar-refractivity contribution in [1.29, 1.82) is 0 Å². The fourth-order valence-corrected chi connectivity index (χ4v) is 1.74. The molecule has 0 radical (unpaired) electrons. The molecule has 0 aliphatic heterocycles. The molecule has 0 saturated heterocycles. The highest BCUT2D eigenvalue weighted by molar-refractivity contribution is 6.33. The molecule has 2 N–H and O–H groups in total. The van der Waals surface area contributed by atoms with Crippen LogP contribution in [0.4, 0.5) is 20.3 Å². The van der Waals surface area contributed by atoms with E-state index >= 15 is 0 Å². The van der Waals surface area contributed by atoms with E-state index in [0.29, 0.717) is 0 Å². The maximum Gasteiger partial charge on any atom is 0.337 e. The van der Waals surface area contributed by atoms with Crippen molar-refractivity contribution < 1.29 is 18.7 Å². The number of carbonyl (C=O) groups is 1. The molecule has 104 valence electrons. The first-order chi connectivity index (χ1) is 9.38. The molecule has 0 aliphatic carbocycles. The molecule has 1 aromatic carbocycles. The van der Waals surface area contributed by atoms with Crippen LogP contribution in [-0.4, -0.2) is 16.1 Å². The Bertz CT molecular complexity index is 692. The number of hydrogen-bond donors (Lipinski definition) is 2. The number of nitrogens with one attached hydrogen (secondary N) is 1. The molecule has 4 nitrogen and oxygen atoms in total. The highest BCUT2D eigenvalue weighted by Crippen LogP contribution is 2.24. The summed E-state index contributed by atoms with van der Waals surface area (Å²) in [5, 5.41) is 11.4. The van der Waals surface area contributed by atoms with Gasteiger partial charge in [0, 0.05) is 12.3 Å². The van der Waals surface area contributed by atoms with Gasteiger partial charge in [-0.25, -0.2) is 18.6 Å². The molecule has 2 rings (SSSR count). The molecule has 1 aromatic heterocycles. The summed E-state index contributed by atoms with van der Waals surface area (Å²) in [4.78, 5) is 14.7. The van der Waals surface area contributed by atoms with Gasteiger partial charge in [-0.1, -0.05) is 11.6 Å². The summed E-state index contributed by atoms with van der Waals surface area (Å²) < 4.78 is 27.0. The second kappa shape index (κ2) is 5.42. The van der Waals surface area contributed by atoms with Gasteiger partial charge in [-0.2, -0.15) is 0 Å². The number of nitrogens with zero attached hydrogens (tertiary/aromatic N) is 1. The average Bonchev–Trinajstić information content (AvgIpc) is 2.37. The minimum atomic E-state index is -1.24. The Kier molecular flexibility index (Phi) is 3.85. The van der Waals surface area contributed by atoms with Crippen LogP contribution in [0.5, 0.6) is 0 Å². The number of halogens is 3. The normalized spacial score (nSPS) is 10.4. The van der Waals surface area contributed by atoms with E-state index in [2.05, 4.69) is 10.3 Å². The van der Waals surface area contributed by atoms with Crippen LogP contribution >= 0.6 is 11.6 Å². The van der Waals surface area contributed by atoms with Crippen LogP contribution in [-0.2, 0) is 0 Å². The molecule has 20 heavy (non-hydrogen) atoms. The molecule has 0 aliphatic rings. The van der Waals surface area contributed by atoms with Crippen LogP contribution in [0.25, 0.3) is 0 Å². The van der Waals surface area contributed by atoms with Crippen molar-refractivity contribution >= 4 is 29.1 Å². The summed E-state index contributed by atoms with van der Waals surface area (Å²) in [7, 11) is 0. The second-order valence-corrected chi connectivity index (χ2v) is 4.47. The Morgan fingerprint density at radius 2 is 2.00 bits per heavy atom. The van der Waals surface area contributed by atoms with Gasteiger partial charge in [-0.3, -0.25) is 0 Å². The number of pyridine rings is 1. The van der Waals surface area contributed by atoms with E-state index in [1.54, 1.807) is 0 Å². The van der Waals surface area contributed by atoms with Crippen molar-refractivity contribution in [3.05, 3.63) is 52.2 Å². The Labute approximate surface area is 118 Å². The number of benzene rings is 1. The van der Waals surface area contributed by atoms with E-state index < -0.39 is 17.6 Å². The van der Waals surface area contributed by atoms with Gasteiger partial charge in [0.05, 0.1) is 16.3 Å². The Morgan fingerprint density at radius 1 is 1.30 bits per heavy atom. The quantitative estimate of drug-likeness (QED) is 0.905. The highest BCUT2D eigenvalue weighted by atomic mass is 35.5. The molecule has 0 bridgehead atoms. The number of carboxylic acids is 1. The summed E-state index contributed by atoms with van der Waals surface area (Å²) in [6.07, 6.45) is 1.12. The molecule has 7 heteroatoms. The van der Waals surface area contributed by atoms with Gasteiger partial charge in [0.2, 0.25) is 0 Å². The smallest absolute Gasteiger partial charge is 0.337 e. The zero-order valence-corrected chi connectivity index (χ0v) is 11.0. The molecule has 0 amide bonds. The van der Waals surface area contributed by atoms with E-state index in [-0.39, 0.29) is 27.7 Å². The minimum Gasteiger partial charge on any atom is -0.478 e. The Morgan fingerprint density at radius 3 is 2.65 bits per heavy atom. The Hall–Kier alpha value is -2.21. The van der Waals surface area contributed by atoms with Gasteiger partial charge in [0.1, 0.15) is 17.5 Å². The largest absolute Gasteiger partial charge is 0.478 e. The van der Waals surface area contributed by atoms with Gasteiger partial charge in [0.25, 0.3) is 0 Å². The lowest BCUT2D eigenvalue weighted by atomic mass is 10.2. The van der Waals surface area contributed by atoms with Crippen LogP contribution in [0.15, 0.2) is 24.4 Å². The fraction of sp³-hybridized carbons (Fsp3) is 0.0769. The molecular formula is C13H9ClF2N2O2. The van der Waals surface area contributed by atoms with E-state index in [0.717, 1.165) is 24.4 Å². The number of aryl methyl sites for hydroxylation is 1. The van der Waals surface area contributed by atoms with Crippen molar-refractivity contribution in [3.8, 4) is 0 Å². The first-order valence-electron chi connectivity index (χ1n) is 5.50. The van der Waals surface area contributed by atoms with E-state index in [4.69, 9.17) is 16.7 Å². The van der Waals surface area contributed by atoms with Crippen LogP contribution < -0.4 is 5.32 Å². The number of carboxylic acid groups (broad SMARTS) is 1. The third kappa shape index (κ3) is 2.85. The first-order valence-corrected chi connectivity index (χ1v) is 5.88. The summed E-state index contributed by atoms with van der Waals surface area (Å²) in [5.74, 6) is -2.44. The molecular weight excluding hydrogens is 290 g/mol. The van der Waals surface area contributed by atoms with Crippen molar-refractivity contribution in [2.45, 2.75) is 6.92 Å². The average molecular weight is 299 g/mol. The van der Waals surface area contributed by atoms with Gasteiger partial charge in [-0.05, 0) is 24.6 Å².